The molecule has 3 nitrogen and oxygen atoms in total. The first kappa shape index (κ1) is 11.8. The van der Waals surface area contributed by atoms with Crippen molar-refractivity contribution in [3.8, 4) is 0 Å². The molecule has 2 N–H and O–H groups in total. The molecule has 0 aliphatic rings. The van der Waals surface area contributed by atoms with Gasteiger partial charge in [-0.05, 0) is 34.5 Å². The van der Waals surface area contributed by atoms with E-state index in [1.165, 1.54) is 0 Å². The monoisotopic (exact) mass is 261 g/mol. The lowest BCUT2D eigenvalue weighted by molar-refractivity contribution is 0.145. The highest BCUT2D eigenvalue weighted by Crippen LogP contribution is 2.23. The van der Waals surface area contributed by atoms with E-state index in [2.05, 4.69) is 35.1 Å². The van der Waals surface area contributed by atoms with Crippen molar-refractivity contribution in [2.45, 2.75) is 20.0 Å². The Morgan fingerprint density at radius 3 is 2.71 bits per heavy atom. The van der Waals surface area contributed by atoms with E-state index in [-0.39, 0.29) is 0 Å². The van der Waals surface area contributed by atoms with Crippen molar-refractivity contribution >= 4 is 15.9 Å². The summed E-state index contributed by atoms with van der Waals surface area (Å²) in [5, 5.41) is 12.9. The molecular weight excluding hydrogens is 246 g/mol. The number of nitrogens with one attached hydrogen (secondary N) is 1. The summed E-state index contributed by atoms with van der Waals surface area (Å²) in [6, 6.07) is 1.78. The molecule has 0 radical (unpaired) electrons. The summed E-state index contributed by atoms with van der Waals surface area (Å²) >= 11 is 3.31. The summed E-state index contributed by atoms with van der Waals surface area (Å²) in [4.78, 5) is 0. The van der Waals surface area contributed by atoms with E-state index in [0.29, 0.717) is 18.2 Å². The van der Waals surface area contributed by atoms with E-state index in [1.807, 2.05) is 0 Å². The number of aliphatic hydroxyl groups excluding tert-OH is 1. The van der Waals surface area contributed by atoms with E-state index in [9.17, 15) is 5.11 Å². The number of aliphatic hydroxyl groups is 1. The zero-order valence-corrected chi connectivity index (χ0v) is 10.0. The first-order valence-corrected chi connectivity index (χ1v) is 5.52. The molecule has 0 fully saturated rings. The first-order valence-electron chi connectivity index (χ1n) is 4.73. The molecule has 0 bridgehead atoms. The molecule has 0 saturated heterocycles. The second-order valence-corrected chi connectivity index (χ2v) is 4.56. The molecule has 0 spiro atoms. The number of hydrogen-bond donors (Lipinski definition) is 2. The number of halogens is 1. The van der Waals surface area contributed by atoms with Gasteiger partial charge in [-0.2, -0.15) is 0 Å². The predicted molar refractivity (Wildman–Crippen MR) is 59.1 cm³/mol. The van der Waals surface area contributed by atoms with Gasteiger partial charge in [-0.3, -0.25) is 0 Å². The highest BCUT2D eigenvalue weighted by molar-refractivity contribution is 9.10. The molecule has 1 aromatic heterocycles. The van der Waals surface area contributed by atoms with Crippen LogP contribution in [0.15, 0.2) is 21.2 Å². The van der Waals surface area contributed by atoms with Gasteiger partial charge < -0.3 is 14.8 Å². The minimum absolute atomic E-state index is 0.518. The normalized spacial score (nSPS) is 13.5. The van der Waals surface area contributed by atoms with E-state index < -0.39 is 6.10 Å². The maximum Gasteiger partial charge on any atom is 0.147 e. The largest absolute Gasteiger partial charge is 0.465 e. The van der Waals surface area contributed by atoms with Crippen LogP contribution in [-0.2, 0) is 0 Å². The third-order valence-corrected chi connectivity index (χ3v) is 2.49. The van der Waals surface area contributed by atoms with Crippen LogP contribution in [0.5, 0.6) is 0 Å². The maximum atomic E-state index is 9.72. The van der Waals surface area contributed by atoms with Gasteiger partial charge in [-0.15, -0.1) is 0 Å². The zero-order chi connectivity index (χ0) is 10.6. The highest BCUT2D eigenvalue weighted by Gasteiger charge is 2.14. The van der Waals surface area contributed by atoms with Crippen molar-refractivity contribution in [3.63, 3.8) is 0 Å². The molecule has 1 aromatic rings. The zero-order valence-electron chi connectivity index (χ0n) is 8.46. The van der Waals surface area contributed by atoms with Crippen LogP contribution >= 0.6 is 15.9 Å². The fourth-order valence-corrected chi connectivity index (χ4v) is 1.61. The molecule has 1 rings (SSSR count). The Hall–Kier alpha value is -0.320. The van der Waals surface area contributed by atoms with Gasteiger partial charge in [0.15, 0.2) is 0 Å². The van der Waals surface area contributed by atoms with Crippen molar-refractivity contribution in [2.75, 3.05) is 13.1 Å². The van der Waals surface area contributed by atoms with Crippen LogP contribution in [0.4, 0.5) is 0 Å². The summed E-state index contributed by atoms with van der Waals surface area (Å²) in [7, 11) is 0. The SMILES string of the molecule is CC(C)CNCC(O)c1occc1Br. The minimum Gasteiger partial charge on any atom is -0.465 e. The molecular formula is C10H16BrNO2. The van der Waals surface area contributed by atoms with Gasteiger partial charge in [0.05, 0.1) is 10.7 Å². The molecule has 0 aromatic carbocycles. The van der Waals surface area contributed by atoms with Crippen LogP contribution in [0.2, 0.25) is 0 Å². The Morgan fingerprint density at radius 1 is 1.50 bits per heavy atom. The Morgan fingerprint density at radius 2 is 2.21 bits per heavy atom. The third-order valence-electron chi connectivity index (χ3n) is 1.84. The summed E-state index contributed by atoms with van der Waals surface area (Å²) in [5.74, 6) is 1.17. The fourth-order valence-electron chi connectivity index (χ4n) is 1.14. The second-order valence-electron chi connectivity index (χ2n) is 3.70. The Bertz CT molecular complexity index is 273. The van der Waals surface area contributed by atoms with Crippen LogP contribution < -0.4 is 5.32 Å². The van der Waals surface area contributed by atoms with Crippen molar-refractivity contribution < 1.29 is 9.52 Å². The molecule has 0 aliphatic heterocycles. The first-order chi connectivity index (χ1) is 6.61. The number of furan rings is 1. The van der Waals surface area contributed by atoms with Crippen LogP contribution in [0, 0.1) is 5.92 Å². The lowest BCUT2D eigenvalue weighted by Gasteiger charge is -2.11. The smallest absolute Gasteiger partial charge is 0.147 e. The Kier molecular flexibility index (Phi) is 4.65. The second kappa shape index (κ2) is 5.53. The van der Waals surface area contributed by atoms with Gasteiger partial charge >= 0.3 is 0 Å². The quantitative estimate of drug-likeness (QED) is 0.856. The van der Waals surface area contributed by atoms with Crippen molar-refractivity contribution in [2.24, 2.45) is 5.92 Å². The van der Waals surface area contributed by atoms with Crippen LogP contribution in [-0.4, -0.2) is 18.2 Å². The average molecular weight is 262 g/mol. The van der Waals surface area contributed by atoms with Crippen molar-refractivity contribution in [1.82, 2.24) is 5.32 Å². The molecule has 1 heterocycles. The van der Waals surface area contributed by atoms with Gasteiger partial charge in [0.1, 0.15) is 11.9 Å². The average Bonchev–Trinajstić information content (AvgIpc) is 2.50. The summed E-state index contributed by atoms with van der Waals surface area (Å²) in [6.07, 6.45) is 0.976. The molecule has 1 unspecified atom stereocenters. The maximum absolute atomic E-state index is 9.72. The number of hydrogen-bond acceptors (Lipinski definition) is 3. The molecule has 4 heteroatoms. The topological polar surface area (TPSA) is 45.4 Å². The lowest BCUT2D eigenvalue weighted by atomic mass is 10.2. The van der Waals surface area contributed by atoms with E-state index >= 15 is 0 Å². The predicted octanol–water partition coefficient (Wildman–Crippen LogP) is 2.32. The molecule has 80 valence electrons. The lowest BCUT2D eigenvalue weighted by Crippen LogP contribution is -2.25. The minimum atomic E-state index is -0.585. The summed E-state index contributed by atoms with van der Waals surface area (Å²) in [5.41, 5.74) is 0. The third kappa shape index (κ3) is 3.44. The summed E-state index contributed by atoms with van der Waals surface area (Å²) in [6.45, 7) is 5.67. The van der Waals surface area contributed by atoms with Gasteiger partial charge in [-0.1, -0.05) is 13.8 Å². The van der Waals surface area contributed by atoms with Crippen LogP contribution in [0.1, 0.15) is 25.7 Å². The van der Waals surface area contributed by atoms with Gasteiger partial charge in [0.2, 0.25) is 0 Å². The van der Waals surface area contributed by atoms with Crippen LogP contribution in [0.25, 0.3) is 0 Å². The molecule has 0 saturated carbocycles. The molecule has 1 atom stereocenters. The highest BCUT2D eigenvalue weighted by atomic mass is 79.9. The Labute approximate surface area is 92.6 Å². The Balaban J connectivity index is 2.36. The van der Waals surface area contributed by atoms with E-state index in [0.717, 1.165) is 11.0 Å². The van der Waals surface area contributed by atoms with Gasteiger partial charge in [0.25, 0.3) is 0 Å². The van der Waals surface area contributed by atoms with Crippen LogP contribution in [0.3, 0.4) is 0 Å². The van der Waals surface area contributed by atoms with Gasteiger partial charge in [0, 0.05) is 6.54 Å². The molecule has 0 aliphatic carbocycles. The fraction of sp³-hybridized carbons (Fsp3) is 0.600. The van der Waals surface area contributed by atoms with Crippen molar-refractivity contribution in [1.29, 1.82) is 0 Å². The van der Waals surface area contributed by atoms with E-state index in [4.69, 9.17) is 4.42 Å². The van der Waals surface area contributed by atoms with Gasteiger partial charge in [-0.25, -0.2) is 0 Å². The molecule has 0 amide bonds. The number of rotatable bonds is 5. The molecule has 14 heavy (non-hydrogen) atoms. The standard InChI is InChI=1S/C10H16BrNO2/c1-7(2)5-12-6-9(13)10-8(11)3-4-14-10/h3-4,7,9,12-13H,5-6H2,1-2H3. The van der Waals surface area contributed by atoms with Crippen molar-refractivity contribution in [3.05, 3.63) is 22.6 Å². The van der Waals surface area contributed by atoms with E-state index in [1.54, 1.807) is 12.3 Å². The summed E-state index contributed by atoms with van der Waals surface area (Å²) < 4.78 is 5.96.